The maximum absolute atomic E-state index is 13.4. The molecular formula is C30H29N3O6. The molecule has 0 aliphatic carbocycles. The zero-order valence-electron chi connectivity index (χ0n) is 22.2. The maximum atomic E-state index is 13.4. The molecule has 0 radical (unpaired) electrons. The molecule has 1 aromatic heterocycles. The number of esters is 1. The van der Waals surface area contributed by atoms with Crippen molar-refractivity contribution in [3.05, 3.63) is 106 Å². The topological polar surface area (TPSA) is 118 Å². The van der Waals surface area contributed by atoms with Crippen LogP contribution in [0, 0.1) is 13.8 Å². The van der Waals surface area contributed by atoms with Gasteiger partial charge in [0.05, 0.1) is 31.3 Å². The molecule has 1 aliphatic heterocycles. The highest BCUT2D eigenvalue weighted by Crippen LogP contribution is 2.33. The van der Waals surface area contributed by atoms with E-state index in [0.717, 1.165) is 16.7 Å². The second-order valence-corrected chi connectivity index (χ2v) is 9.19. The van der Waals surface area contributed by atoms with Gasteiger partial charge in [0, 0.05) is 11.4 Å². The first-order chi connectivity index (χ1) is 18.7. The summed E-state index contributed by atoms with van der Waals surface area (Å²) in [5.41, 5.74) is 4.35. The van der Waals surface area contributed by atoms with Gasteiger partial charge in [-0.05, 0) is 56.7 Å². The van der Waals surface area contributed by atoms with Gasteiger partial charge in [0.25, 0.3) is 5.91 Å². The lowest BCUT2D eigenvalue weighted by molar-refractivity contribution is -0.136. The molecular weight excluding hydrogens is 498 g/mol. The number of nitrogens with one attached hydrogen (secondary N) is 2. The Hall–Kier alpha value is -4.92. The highest BCUT2D eigenvalue weighted by molar-refractivity contribution is 6.39. The van der Waals surface area contributed by atoms with Gasteiger partial charge >= 0.3 is 17.8 Å². The van der Waals surface area contributed by atoms with Crippen molar-refractivity contribution in [3.8, 4) is 0 Å². The first-order valence-corrected chi connectivity index (χ1v) is 12.3. The fourth-order valence-corrected chi connectivity index (χ4v) is 4.08. The van der Waals surface area contributed by atoms with Gasteiger partial charge in [-0.15, -0.1) is 0 Å². The quantitative estimate of drug-likeness (QED) is 0.272. The Bertz CT molecular complexity index is 1480. The fraction of sp³-hybridized carbons (Fsp3) is 0.200. The number of rotatable bonds is 7. The molecule has 200 valence electrons. The number of amides is 3. The Morgan fingerprint density at radius 1 is 0.897 bits per heavy atom. The van der Waals surface area contributed by atoms with Gasteiger partial charge in [-0.3, -0.25) is 14.4 Å². The van der Waals surface area contributed by atoms with E-state index < -0.39 is 17.8 Å². The summed E-state index contributed by atoms with van der Waals surface area (Å²) in [6, 6.07) is 18.1. The van der Waals surface area contributed by atoms with Crippen molar-refractivity contribution in [2.75, 3.05) is 12.4 Å². The molecule has 0 saturated heterocycles. The summed E-state index contributed by atoms with van der Waals surface area (Å²) in [5.74, 6) is -1.94. The third kappa shape index (κ3) is 6.32. The molecule has 9 nitrogen and oxygen atoms in total. The van der Waals surface area contributed by atoms with E-state index in [4.69, 9.17) is 9.15 Å². The molecule has 0 saturated carbocycles. The monoisotopic (exact) mass is 527 g/mol. The number of allylic oxidation sites excluding steroid dienone is 1. The lowest BCUT2D eigenvalue weighted by Crippen LogP contribution is -2.34. The molecule has 4 rings (SSSR count). The number of methoxy groups -OCH3 is 1. The van der Waals surface area contributed by atoms with E-state index >= 15 is 0 Å². The zero-order valence-corrected chi connectivity index (χ0v) is 22.2. The molecule has 0 spiro atoms. The molecule has 39 heavy (non-hydrogen) atoms. The largest absolute Gasteiger partial charge is 0.465 e. The summed E-state index contributed by atoms with van der Waals surface area (Å²) in [6.07, 6.45) is 1.47. The normalized spacial score (nSPS) is 14.1. The van der Waals surface area contributed by atoms with Crippen molar-refractivity contribution in [2.24, 2.45) is 0 Å². The van der Waals surface area contributed by atoms with Gasteiger partial charge < -0.3 is 24.7 Å². The predicted molar refractivity (Wildman–Crippen MR) is 145 cm³/mol. The van der Waals surface area contributed by atoms with Crippen molar-refractivity contribution in [1.29, 1.82) is 0 Å². The second kappa shape index (κ2) is 11.6. The summed E-state index contributed by atoms with van der Waals surface area (Å²) < 4.78 is 10.7. The molecule has 0 unspecified atom stereocenters. The van der Waals surface area contributed by atoms with E-state index in [9.17, 15) is 19.2 Å². The first-order valence-electron chi connectivity index (χ1n) is 12.3. The van der Waals surface area contributed by atoms with Crippen LogP contribution in [0.4, 0.5) is 5.69 Å². The summed E-state index contributed by atoms with van der Waals surface area (Å²) in [7, 11) is 1.26. The third-order valence-electron chi connectivity index (χ3n) is 6.27. The maximum Gasteiger partial charge on any atom is 0.340 e. The van der Waals surface area contributed by atoms with Crippen molar-refractivity contribution >= 4 is 35.5 Å². The summed E-state index contributed by atoms with van der Waals surface area (Å²) in [4.78, 5) is 51.9. The Morgan fingerprint density at radius 3 is 2.18 bits per heavy atom. The molecule has 3 aromatic rings. The van der Waals surface area contributed by atoms with Crippen LogP contribution in [0.2, 0.25) is 0 Å². The van der Waals surface area contributed by atoms with Crippen molar-refractivity contribution < 1.29 is 28.3 Å². The van der Waals surface area contributed by atoms with Crippen LogP contribution in [0.25, 0.3) is 6.08 Å². The smallest absolute Gasteiger partial charge is 0.340 e. The molecule has 3 amide bonds. The fourth-order valence-electron chi connectivity index (χ4n) is 4.08. The number of aryl methyl sites for hydroxylation is 2. The average molecular weight is 528 g/mol. The van der Waals surface area contributed by atoms with Gasteiger partial charge in [0.15, 0.2) is 0 Å². The zero-order chi connectivity index (χ0) is 28.1. The highest BCUT2D eigenvalue weighted by Gasteiger charge is 2.37. The van der Waals surface area contributed by atoms with Crippen molar-refractivity contribution in [2.45, 2.75) is 33.9 Å². The van der Waals surface area contributed by atoms with E-state index in [2.05, 4.69) is 10.6 Å². The van der Waals surface area contributed by atoms with Crippen LogP contribution in [0.1, 0.15) is 35.1 Å². The number of hydrogen-bond donors (Lipinski definition) is 2. The van der Waals surface area contributed by atoms with Crippen molar-refractivity contribution in [1.82, 2.24) is 10.2 Å². The van der Waals surface area contributed by atoms with E-state index in [1.807, 2.05) is 50.2 Å². The minimum atomic E-state index is -0.823. The number of carbonyl (C=O) groups excluding carboxylic acids is 4. The number of ether oxygens (including phenoxy) is 1. The molecule has 2 heterocycles. The number of benzene rings is 2. The lowest BCUT2D eigenvalue weighted by Gasteiger charge is -2.18. The first kappa shape index (κ1) is 27.1. The standard InChI is InChI=1S/C30H29N3O6/c1-18-5-9-21(10-6-18)17-33-20(3)26(30(37)38-4)25(29(33)36)15-23-13-14-24(39-23)16-31-27(34)28(35)32-22-11-7-19(2)8-12-22/h5-15H,16-17H2,1-4H3,(H,31,34)(H,32,35)/b25-15+. The Balaban J connectivity index is 1.45. The van der Waals surface area contributed by atoms with Gasteiger partial charge in [-0.1, -0.05) is 47.5 Å². The third-order valence-corrected chi connectivity index (χ3v) is 6.27. The minimum Gasteiger partial charge on any atom is -0.465 e. The molecule has 0 fully saturated rings. The van der Waals surface area contributed by atoms with Crippen LogP contribution in [0.3, 0.4) is 0 Å². The SMILES string of the molecule is COC(=O)C1=C(C)N(Cc2ccc(C)cc2)C(=O)/C1=C/c1ccc(CNC(=O)C(=O)Nc2ccc(C)cc2)o1. The lowest BCUT2D eigenvalue weighted by atomic mass is 10.1. The van der Waals surface area contributed by atoms with E-state index in [-0.39, 0.29) is 23.6 Å². The van der Waals surface area contributed by atoms with E-state index in [1.165, 1.54) is 18.1 Å². The van der Waals surface area contributed by atoms with E-state index in [0.29, 0.717) is 29.4 Å². The van der Waals surface area contributed by atoms with Gasteiger partial charge in [-0.25, -0.2) is 4.79 Å². The van der Waals surface area contributed by atoms with Crippen LogP contribution in [0.15, 0.2) is 81.9 Å². The van der Waals surface area contributed by atoms with Crippen LogP contribution < -0.4 is 10.6 Å². The summed E-state index contributed by atoms with van der Waals surface area (Å²) in [6.45, 7) is 5.85. The number of carbonyl (C=O) groups is 4. The number of nitrogens with zero attached hydrogens (tertiary/aromatic N) is 1. The average Bonchev–Trinajstić information content (AvgIpc) is 3.47. The molecule has 2 aromatic carbocycles. The van der Waals surface area contributed by atoms with Crippen molar-refractivity contribution in [3.63, 3.8) is 0 Å². The minimum absolute atomic E-state index is 0.0461. The Kier molecular flexibility index (Phi) is 8.10. The van der Waals surface area contributed by atoms with Gasteiger partial charge in [-0.2, -0.15) is 0 Å². The van der Waals surface area contributed by atoms with Gasteiger partial charge in [0.2, 0.25) is 0 Å². The molecule has 0 atom stereocenters. The number of anilines is 1. The highest BCUT2D eigenvalue weighted by atomic mass is 16.5. The number of furan rings is 1. The molecule has 9 heteroatoms. The van der Waals surface area contributed by atoms with Crippen LogP contribution in [-0.2, 0) is 37.0 Å². The van der Waals surface area contributed by atoms with Crippen LogP contribution in [0.5, 0.6) is 0 Å². The van der Waals surface area contributed by atoms with Crippen LogP contribution in [-0.4, -0.2) is 35.7 Å². The van der Waals surface area contributed by atoms with Gasteiger partial charge in [0.1, 0.15) is 11.5 Å². The summed E-state index contributed by atoms with van der Waals surface area (Å²) >= 11 is 0. The van der Waals surface area contributed by atoms with E-state index in [1.54, 1.807) is 31.2 Å². The summed E-state index contributed by atoms with van der Waals surface area (Å²) in [5, 5.41) is 5.03. The van der Waals surface area contributed by atoms with Crippen LogP contribution >= 0.6 is 0 Å². The molecule has 2 N–H and O–H groups in total. The Labute approximate surface area is 226 Å². The molecule has 1 aliphatic rings. The predicted octanol–water partition coefficient (Wildman–Crippen LogP) is 4.02. The molecule has 0 bridgehead atoms. The number of hydrogen-bond acceptors (Lipinski definition) is 6. The second-order valence-electron chi connectivity index (χ2n) is 9.19. The Morgan fingerprint density at radius 2 is 1.54 bits per heavy atom.